The molecule has 2 rings (SSSR count). The van der Waals surface area contributed by atoms with Gasteiger partial charge in [-0.05, 0) is 18.6 Å². The van der Waals surface area contributed by atoms with Gasteiger partial charge in [-0.15, -0.1) is 23.5 Å². The minimum absolute atomic E-state index is 0.110. The summed E-state index contributed by atoms with van der Waals surface area (Å²) in [6.45, 7) is 1.99. The molecule has 1 fully saturated rings. The summed E-state index contributed by atoms with van der Waals surface area (Å²) in [5.41, 5.74) is 1.91. The van der Waals surface area contributed by atoms with Crippen LogP contribution in [0.4, 0.5) is 0 Å². The summed E-state index contributed by atoms with van der Waals surface area (Å²) in [7, 11) is 0. The van der Waals surface area contributed by atoms with Gasteiger partial charge in [0.15, 0.2) is 5.78 Å². The Balaban J connectivity index is 2.19. The van der Waals surface area contributed by atoms with Crippen molar-refractivity contribution < 1.29 is 14.7 Å². The van der Waals surface area contributed by atoms with Gasteiger partial charge in [-0.2, -0.15) is 0 Å². The van der Waals surface area contributed by atoms with Crippen molar-refractivity contribution in [3.05, 3.63) is 51.3 Å². The molecule has 1 N–H and O–H groups in total. The van der Waals surface area contributed by atoms with Crippen LogP contribution in [0.1, 0.15) is 11.1 Å². The van der Waals surface area contributed by atoms with E-state index < -0.39 is 11.8 Å². The predicted molar refractivity (Wildman–Crippen MR) is 84.8 cm³/mol. The molecule has 1 aliphatic heterocycles. The fraction of sp³-hybridized carbons (Fsp3) is 0.200. The fourth-order valence-corrected chi connectivity index (χ4v) is 4.22. The first-order chi connectivity index (χ1) is 9.58. The fourth-order valence-electron chi connectivity index (χ4n) is 1.68. The van der Waals surface area contributed by atoms with E-state index in [1.165, 1.54) is 29.6 Å². The second-order valence-electron chi connectivity index (χ2n) is 4.27. The molecule has 1 aromatic carbocycles. The maximum atomic E-state index is 12.1. The van der Waals surface area contributed by atoms with Crippen LogP contribution in [0.5, 0.6) is 0 Å². The number of hydrogen-bond acceptors (Lipinski definition) is 4. The van der Waals surface area contributed by atoms with Crippen LogP contribution in [0.15, 0.2) is 40.2 Å². The number of thioether (sulfide) groups is 2. The summed E-state index contributed by atoms with van der Waals surface area (Å²) >= 11 is 2.88. The lowest BCUT2D eigenvalue weighted by molar-refractivity contribution is -0.134. The Kier molecular flexibility index (Phi) is 5.09. The number of benzene rings is 1. The van der Waals surface area contributed by atoms with E-state index >= 15 is 0 Å². The minimum atomic E-state index is -1.15. The molecule has 3 nitrogen and oxygen atoms in total. The van der Waals surface area contributed by atoms with Gasteiger partial charge in [0.1, 0.15) is 5.57 Å². The average molecular weight is 306 g/mol. The molecule has 0 unspecified atom stereocenters. The summed E-state index contributed by atoms with van der Waals surface area (Å²) in [6.07, 6.45) is 2.98. The Bertz CT molecular complexity index is 578. The van der Waals surface area contributed by atoms with Gasteiger partial charge in [-0.3, -0.25) is 4.79 Å². The van der Waals surface area contributed by atoms with E-state index in [4.69, 9.17) is 0 Å². The molecule has 5 heteroatoms. The normalized spacial score (nSPS) is 14.8. The van der Waals surface area contributed by atoms with Crippen LogP contribution < -0.4 is 0 Å². The molecule has 0 amide bonds. The lowest BCUT2D eigenvalue weighted by atomic mass is 10.1. The van der Waals surface area contributed by atoms with Crippen LogP contribution in [0, 0.1) is 6.92 Å². The Labute approximate surface area is 126 Å². The first kappa shape index (κ1) is 14.9. The van der Waals surface area contributed by atoms with Gasteiger partial charge in [-0.1, -0.05) is 35.9 Å². The van der Waals surface area contributed by atoms with E-state index in [1.54, 1.807) is 6.08 Å². The van der Waals surface area contributed by atoms with Gasteiger partial charge in [0.05, 0.1) is 4.24 Å². The molecule has 0 aliphatic carbocycles. The Morgan fingerprint density at radius 1 is 1.15 bits per heavy atom. The van der Waals surface area contributed by atoms with Crippen molar-refractivity contribution in [1.82, 2.24) is 0 Å². The number of carbonyl (C=O) groups is 2. The van der Waals surface area contributed by atoms with Crippen molar-refractivity contribution in [1.29, 1.82) is 0 Å². The highest BCUT2D eigenvalue weighted by Gasteiger charge is 2.24. The van der Waals surface area contributed by atoms with Crippen molar-refractivity contribution in [2.24, 2.45) is 0 Å². The third-order valence-electron chi connectivity index (χ3n) is 2.72. The summed E-state index contributed by atoms with van der Waals surface area (Å²) in [5, 5.41) is 9.20. The van der Waals surface area contributed by atoms with E-state index in [1.807, 2.05) is 31.2 Å². The highest BCUT2D eigenvalue weighted by molar-refractivity contribution is 8.25. The number of aliphatic carboxylic acids is 1. The molecule has 1 aliphatic rings. The van der Waals surface area contributed by atoms with Gasteiger partial charge in [-0.25, -0.2) is 4.79 Å². The zero-order chi connectivity index (χ0) is 14.5. The van der Waals surface area contributed by atoms with Crippen molar-refractivity contribution in [3.8, 4) is 0 Å². The second kappa shape index (κ2) is 6.81. The molecular weight excluding hydrogens is 292 g/mol. The maximum Gasteiger partial charge on any atom is 0.341 e. The molecule has 0 radical (unpaired) electrons. The molecule has 0 atom stereocenters. The Morgan fingerprint density at radius 2 is 1.75 bits per heavy atom. The third-order valence-corrected chi connectivity index (χ3v) is 5.43. The molecule has 20 heavy (non-hydrogen) atoms. The van der Waals surface area contributed by atoms with Crippen LogP contribution in [0.3, 0.4) is 0 Å². The van der Waals surface area contributed by atoms with Crippen molar-refractivity contribution in [2.75, 3.05) is 11.5 Å². The van der Waals surface area contributed by atoms with Crippen LogP contribution in [-0.4, -0.2) is 28.4 Å². The van der Waals surface area contributed by atoms with E-state index in [0.29, 0.717) is 4.24 Å². The number of carboxylic acid groups (broad SMARTS) is 1. The van der Waals surface area contributed by atoms with E-state index in [9.17, 15) is 14.7 Å². The Morgan fingerprint density at radius 3 is 2.30 bits per heavy atom. The summed E-state index contributed by atoms with van der Waals surface area (Å²) < 4.78 is 0.621. The smallest absolute Gasteiger partial charge is 0.341 e. The quantitative estimate of drug-likeness (QED) is 0.525. The van der Waals surface area contributed by atoms with Gasteiger partial charge in [0.25, 0.3) is 0 Å². The van der Waals surface area contributed by atoms with E-state index in [0.717, 1.165) is 22.6 Å². The van der Waals surface area contributed by atoms with Gasteiger partial charge in [0.2, 0.25) is 0 Å². The van der Waals surface area contributed by atoms with E-state index in [2.05, 4.69) is 0 Å². The van der Waals surface area contributed by atoms with Crippen molar-refractivity contribution in [3.63, 3.8) is 0 Å². The molecule has 1 aromatic rings. The maximum absolute atomic E-state index is 12.1. The van der Waals surface area contributed by atoms with Crippen molar-refractivity contribution in [2.45, 2.75) is 6.92 Å². The monoisotopic (exact) mass is 306 g/mol. The number of hydrogen-bond donors (Lipinski definition) is 1. The molecule has 0 spiro atoms. The highest BCUT2D eigenvalue weighted by atomic mass is 32.2. The summed E-state index contributed by atoms with van der Waals surface area (Å²) in [5.74, 6) is 0.104. The van der Waals surface area contributed by atoms with Gasteiger partial charge >= 0.3 is 5.97 Å². The second-order valence-corrected chi connectivity index (χ2v) is 6.74. The standard InChI is InChI=1S/C15H14O3S2/c1-10-2-4-11(5-3-10)6-7-12(16)13(14(17)18)15-19-8-9-20-15/h2-7H,8-9H2,1H3,(H,17,18)/b7-6+. The van der Waals surface area contributed by atoms with Crippen LogP contribution in [-0.2, 0) is 9.59 Å². The highest BCUT2D eigenvalue weighted by Crippen LogP contribution is 2.39. The topological polar surface area (TPSA) is 54.4 Å². The Hall–Kier alpha value is -1.46. The van der Waals surface area contributed by atoms with Crippen LogP contribution >= 0.6 is 23.5 Å². The zero-order valence-corrected chi connectivity index (χ0v) is 12.6. The first-order valence-electron chi connectivity index (χ1n) is 6.10. The third kappa shape index (κ3) is 3.77. The van der Waals surface area contributed by atoms with E-state index in [-0.39, 0.29) is 5.57 Å². The molecule has 1 saturated heterocycles. The number of rotatable bonds is 4. The number of ketones is 1. The van der Waals surface area contributed by atoms with Gasteiger partial charge < -0.3 is 5.11 Å². The SMILES string of the molecule is Cc1ccc(/C=C/C(=O)C(C(=O)O)=C2SCCS2)cc1. The largest absolute Gasteiger partial charge is 0.477 e. The summed E-state index contributed by atoms with van der Waals surface area (Å²) in [4.78, 5) is 23.3. The lowest BCUT2D eigenvalue weighted by Crippen LogP contribution is -2.11. The minimum Gasteiger partial charge on any atom is -0.477 e. The number of allylic oxidation sites excluding steroid dienone is 1. The van der Waals surface area contributed by atoms with Crippen molar-refractivity contribution >= 4 is 41.4 Å². The number of aryl methyl sites for hydroxylation is 1. The van der Waals surface area contributed by atoms with Crippen LogP contribution in [0.25, 0.3) is 6.08 Å². The number of carboxylic acids is 1. The zero-order valence-electron chi connectivity index (χ0n) is 11.0. The molecule has 104 valence electrons. The number of carbonyl (C=O) groups excluding carboxylic acids is 1. The first-order valence-corrected chi connectivity index (χ1v) is 8.07. The predicted octanol–water partition coefficient (Wildman–Crippen LogP) is 3.35. The van der Waals surface area contributed by atoms with Gasteiger partial charge in [0, 0.05) is 11.5 Å². The summed E-state index contributed by atoms with van der Waals surface area (Å²) in [6, 6.07) is 7.68. The molecular formula is C15H14O3S2. The molecule has 0 aromatic heterocycles. The molecule has 0 saturated carbocycles. The average Bonchev–Trinajstić information content (AvgIpc) is 2.91. The molecule has 0 bridgehead atoms. The lowest BCUT2D eigenvalue weighted by Gasteiger charge is -2.01. The van der Waals surface area contributed by atoms with Crippen LogP contribution in [0.2, 0.25) is 0 Å². The molecule has 1 heterocycles.